The highest BCUT2D eigenvalue weighted by atomic mass is 79.9. The molecule has 0 saturated heterocycles. The minimum absolute atomic E-state index is 0.305. The molecule has 0 radical (unpaired) electrons. The molecule has 1 heterocycles. The van der Waals surface area contributed by atoms with Gasteiger partial charge in [0.25, 0.3) is 0 Å². The monoisotopic (exact) mass is 313 g/mol. The predicted molar refractivity (Wildman–Crippen MR) is 84.9 cm³/mol. The van der Waals surface area contributed by atoms with Crippen molar-refractivity contribution in [2.45, 2.75) is 24.6 Å². The topological polar surface area (TPSA) is 12.4 Å². The molecule has 2 heteroatoms. The van der Waals surface area contributed by atoms with Crippen LogP contribution in [0.15, 0.2) is 53.5 Å². The highest BCUT2D eigenvalue weighted by Crippen LogP contribution is 2.31. The van der Waals surface area contributed by atoms with Crippen molar-refractivity contribution in [3.8, 4) is 0 Å². The summed E-state index contributed by atoms with van der Waals surface area (Å²) in [6, 6.07) is 17.0. The molecule has 3 rings (SSSR count). The van der Waals surface area contributed by atoms with E-state index in [4.69, 9.17) is 4.99 Å². The van der Waals surface area contributed by atoms with E-state index in [1.165, 1.54) is 16.7 Å². The van der Waals surface area contributed by atoms with Crippen molar-refractivity contribution in [3.63, 3.8) is 0 Å². The molecule has 2 aromatic carbocycles. The molecule has 0 saturated carbocycles. The first-order valence-electron chi connectivity index (χ1n) is 6.68. The van der Waals surface area contributed by atoms with Gasteiger partial charge in [-0.3, -0.25) is 4.99 Å². The lowest BCUT2D eigenvalue weighted by Gasteiger charge is -2.13. The van der Waals surface area contributed by atoms with Crippen molar-refractivity contribution in [2.75, 3.05) is 0 Å². The molecule has 96 valence electrons. The Morgan fingerprint density at radius 3 is 2.53 bits per heavy atom. The van der Waals surface area contributed by atoms with Crippen LogP contribution in [0.3, 0.4) is 0 Å². The first-order valence-corrected chi connectivity index (χ1v) is 7.60. The lowest BCUT2D eigenvalue weighted by atomic mass is 9.96. The average Bonchev–Trinajstić information content (AvgIpc) is 2.62. The summed E-state index contributed by atoms with van der Waals surface area (Å²) in [5.74, 6) is 0. The summed E-state index contributed by atoms with van der Waals surface area (Å²) in [5.41, 5.74) is 6.21. The smallest absolute Gasteiger partial charge is 0.0669 e. The van der Waals surface area contributed by atoms with Gasteiger partial charge in [-0.05, 0) is 23.6 Å². The first-order chi connectivity index (χ1) is 9.29. The van der Waals surface area contributed by atoms with Crippen LogP contribution in [-0.4, -0.2) is 10.5 Å². The molecular formula is C17H16BrN. The quantitative estimate of drug-likeness (QED) is 0.700. The summed E-state index contributed by atoms with van der Waals surface area (Å²) in [6.45, 7) is 2.18. The van der Waals surface area contributed by atoms with Gasteiger partial charge in [0, 0.05) is 12.0 Å². The summed E-state index contributed by atoms with van der Waals surface area (Å²) < 4.78 is 0. The fraction of sp³-hybridized carbons (Fsp3) is 0.235. The zero-order valence-corrected chi connectivity index (χ0v) is 12.5. The van der Waals surface area contributed by atoms with E-state index in [1.807, 2.05) is 0 Å². The van der Waals surface area contributed by atoms with Crippen molar-refractivity contribution < 1.29 is 0 Å². The zero-order valence-electron chi connectivity index (χ0n) is 10.9. The number of halogens is 1. The highest BCUT2D eigenvalue weighted by molar-refractivity contribution is 9.10. The van der Waals surface area contributed by atoms with Gasteiger partial charge in [0.1, 0.15) is 0 Å². The van der Waals surface area contributed by atoms with E-state index in [-0.39, 0.29) is 0 Å². The van der Waals surface area contributed by atoms with E-state index in [1.54, 1.807) is 0 Å². The molecule has 1 aliphatic rings. The van der Waals surface area contributed by atoms with E-state index in [0.717, 1.165) is 24.2 Å². The molecule has 1 atom stereocenters. The van der Waals surface area contributed by atoms with E-state index >= 15 is 0 Å². The van der Waals surface area contributed by atoms with Gasteiger partial charge in [-0.1, -0.05) is 65.3 Å². The Morgan fingerprint density at radius 1 is 1.05 bits per heavy atom. The van der Waals surface area contributed by atoms with Crippen molar-refractivity contribution in [1.82, 2.24) is 0 Å². The van der Waals surface area contributed by atoms with Gasteiger partial charge in [-0.2, -0.15) is 0 Å². The Labute approximate surface area is 122 Å². The van der Waals surface area contributed by atoms with Crippen molar-refractivity contribution in [2.24, 2.45) is 4.99 Å². The third kappa shape index (κ3) is 2.37. The number of para-hydroxylation sites is 1. The Balaban J connectivity index is 2.22. The van der Waals surface area contributed by atoms with E-state index in [9.17, 15) is 0 Å². The number of nitrogens with zero attached hydrogens (tertiary/aromatic N) is 1. The van der Waals surface area contributed by atoms with Crippen LogP contribution in [0.5, 0.6) is 0 Å². The number of hydrogen-bond donors (Lipinski definition) is 0. The Hall–Kier alpha value is -1.41. The normalized spacial score (nSPS) is 14.9. The van der Waals surface area contributed by atoms with E-state index in [0.29, 0.717) is 4.83 Å². The van der Waals surface area contributed by atoms with Gasteiger partial charge in [0.2, 0.25) is 0 Å². The third-order valence-electron chi connectivity index (χ3n) is 3.56. The summed E-state index contributed by atoms with van der Waals surface area (Å²) in [7, 11) is 0. The van der Waals surface area contributed by atoms with Crippen LogP contribution in [0.1, 0.15) is 30.0 Å². The minimum atomic E-state index is 0.305. The van der Waals surface area contributed by atoms with Gasteiger partial charge < -0.3 is 0 Å². The second-order valence-electron chi connectivity index (χ2n) is 4.84. The highest BCUT2D eigenvalue weighted by Gasteiger charge is 2.20. The maximum Gasteiger partial charge on any atom is 0.0669 e. The summed E-state index contributed by atoms with van der Waals surface area (Å²) in [4.78, 5) is 5.23. The molecule has 0 aromatic heterocycles. The fourth-order valence-corrected chi connectivity index (χ4v) is 2.87. The van der Waals surface area contributed by atoms with Gasteiger partial charge in [0.15, 0.2) is 0 Å². The lowest BCUT2D eigenvalue weighted by molar-refractivity contribution is 1.02. The maximum atomic E-state index is 4.92. The van der Waals surface area contributed by atoms with Gasteiger partial charge in [-0.25, -0.2) is 0 Å². The molecule has 0 aliphatic carbocycles. The molecular weight excluding hydrogens is 298 g/mol. The standard InChI is InChI=1S/C17H16BrN/c1-2-15(18)17-14-9-5-3-7-12(14)11-13-8-4-6-10-16(13)19-17/h3-10,15H,2,11H2,1H3. The van der Waals surface area contributed by atoms with Gasteiger partial charge in [0.05, 0.1) is 16.2 Å². The molecule has 2 aromatic rings. The summed E-state index contributed by atoms with van der Waals surface area (Å²) in [6.07, 6.45) is 2.00. The Kier molecular flexibility index (Phi) is 3.52. The van der Waals surface area contributed by atoms with Crippen molar-refractivity contribution in [1.29, 1.82) is 0 Å². The number of rotatable bonds is 2. The molecule has 0 bridgehead atoms. The van der Waals surface area contributed by atoms with Crippen LogP contribution in [0.2, 0.25) is 0 Å². The summed E-state index contributed by atoms with van der Waals surface area (Å²) >= 11 is 3.76. The molecule has 0 fully saturated rings. The number of benzene rings is 2. The minimum Gasteiger partial charge on any atom is -0.251 e. The molecule has 1 nitrogen and oxygen atoms in total. The Bertz CT molecular complexity index is 631. The molecule has 0 amide bonds. The van der Waals surface area contributed by atoms with Gasteiger partial charge >= 0.3 is 0 Å². The SMILES string of the molecule is CCC(Br)C1=Nc2ccccc2Cc2ccccc21. The first kappa shape index (κ1) is 12.6. The molecule has 0 spiro atoms. The second kappa shape index (κ2) is 5.30. The van der Waals surface area contributed by atoms with Crippen molar-refractivity contribution in [3.05, 3.63) is 65.2 Å². The molecule has 1 aliphatic heterocycles. The number of alkyl halides is 1. The predicted octanol–water partition coefficient (Wildman–Crippen LogP) is 4.89. The van der Waals surface area contributed by atoms with Crippen LogP contribution in [0.4, 0.5) is 5.69 Å². The van der Waals surface area contributed by atoms with Gasteiger partial charge in [-0.15, -0.1) is 0 Å². The van der Waals surface area contributed by atoms with Crippen molar-refractivity contribution >= 4 is 27.3 Å². The number of fused-ring (bicyclic) bond motifs is 2. The van der Waals surface area contributed by atoms with Crippen LogP contribution in [-0.2, 0) is 6.42 Å². The third-order valence-corrected chi connectivity index (χ3v) is 4.64. The average molecular weight is 314 g/mol. The molecule has 19 heavy (non-hydrogen) atoms. The Morgan fingerprint density at radius 2 is 1.74 bits per heavy atom. The largest absolute Gasteiger partial charge is 0.251 e. The fourth-order valence-electron chi connectivity index (χ4n) is 2.52. The zero-order chi connectivity index (χ0) is 13.2. The van der Waals surface area contributed by atoms with Crippen LogP contribution >= 0.6 is 15.9 Å². The van der Waals surface area contributed by atoms with E-state index < -0.39 is 0 Å². The second-order valence-corrected chi connectivity index (χ2v) is 5.94. The summed E-state index contributed by atoms with van der Waals surface area (Å²) in [5, 5.41) is 0. The lowest BCUT2D eigenvalue weighted by Crippen LogP contribution is -2.15. The van der Waals surface area contributed by atoms with Crippen LogP contribution < -0.4 is 0 Å². The van der Waals surface area contributed by atoms with Crippen LogP contribution in [0, 0.1) is 0 Å². The molecule has 0 N–H and O–H groups in total. The molecule has 1 unspecified atom stereocenters. The van der Waals surface area contributed by atoms with Crippen LogP contribution in [0.25, 0.3) is 0 Å². The number of aliphatic imine (C=N–C) groups is 1. The maximum absolute atomic E-state index is 4.92. The van der Waals surface area contributed by atoms with E-state index in [2.05, 4.69) is 71.4 Å². The number of hydrogen-bond acceptors (Lipinski definition) is 1.